The van der Waals surface area contributed by atoms with E-state index in [-0.39, 0.29) is 13.9 Å². The lowest BCUT2D eigenvalue weighted by Gasteiger charge is -2.35. The van der Waals surface area contributed by atoms with Gasteiger partial charge >= 0.3 is 6.09 Å². The molecule has 3 aromatic rings. The molecule has 1 fully saturated rings. The molecule has 6 heteroatoms. The second-order valence-corrected chi connectivity index (χ2v) is 9.64. The van der Waals surface area contributed by atoms with Crippen LogP contribution in [-0.4, -0.2) is 47.9 Å². The molecule has 0 radical (unpaired) electrons. The first-order chi connectivity index (χ1) is 17.5. The molecule has 2 unspecified atom stereocenters. The van der Waals surface area contributed by atoms with Gasteiger partial charge in [0.1, 0.15) is 12.4 Å². The molecular formula is C30H37FN2O3. The number of amides is 1. The number of benzene rings is 3. The van der Waals surface area contributed by atoms with E-state index in [1.165, 1.54) is 12.1 Å². The van der Waals surface area contributed by atoms with Gasteiger partial charge in [-0.15, -0.1) is 0 Å². The zero-order valence-corrected chi connectivity index (χ0v) is 20.6. The van der Waals surface area contributed by atoms with Crippen molar-refractivity contribution >= 4 is 6.09 Å². The van der Waals surface area contributed by atoms with Crippen LogP contribution in [-0.2, 0) is 24.2 Å². The number of aliphatic hydroxyl groups excluding tert-OH is 1. The Bertz CT molecular complexity index is 1060. The number of nitrogens with one attached hydrogen (secondary N) is 1. The van der Waals surface area contributed by atoms with Crippen molar-refractivity contribution in [2.45, 2.75) is 44.4 Å². The van der Waals surface area contributed by atoms with E-state index in [0.29, 0.717) is 18.9 Å². The lowest BCUT2D eigenvalue weighted by molar-refractivity contribution is 0.0583. The SMILES string of the molecule is O=C(NC(Cc1ccccc1)C(O)CN1CCC(Cc2ccc(F)cc2)CC1)OCc1ccccc1.[HH]. The normalized spacial score (nSPS) is 16.3. The van der Waals surface area contributed by atoms with Crippen LogP contribution >= 0.6 is 0 Å². The van der Waals surface area contributed by atoms with E-state index in [1.807, 2.05) is 72.8 Å². The molecule has 4 rings (SSSR count). The topological polar surface area (TPSA) is 61.8 Å². The van der Waals surface area contributed by atoms with Crippen LogP contribution in [0.25, 0.3) is 0 Å². The Morgan fingerprint density at radius 1 is 0.944 bits per heavy atom. The number of hydrogen-bond acceptors (Lipinski definition) is 4. The van der Waals surface area contributed by atoms with Crippen LogP contribution in [0.3, 0.4) is 0 Å². The van der Waals surface area contributed by atoms with E-state index < -0.39 is 18.2 Å². The molecule has 1 saturated heterocycles. The minimum absolute atomic E-state index is 0. The van der Waals surface area contributed by atoms with Gasteiger partial charge in [0.15, 0.2) is 0 Å². The van der Waals surface area contributed by atoms with Crippen LogP contribution in [0.4, 0.5) is 9.18 Å². The smallest absolute Gasteiger partial charge is 0.407 e. The van der Waals surface area contributed by atoms with Crippen LogP contribution in [0.5, 0.6) is 0 Å². The Morgan fingerprint density at radius 2 is 1.56 bits per heavy atom. The molecule has 0 aliphatic carbocycles. The van der Waals surface area contributed by atoms with Gasteiger partial charge in [0.2, 0.25) is 0 Å². The molecule has 1 amide bonds. The highest BCUT2D eigenvalue weighted by Gasteiger charge is 2.27. The number of rotatable bonds is 10. The highest BCUT2D eigenvalue weighted by Crippen LogP contribution is 2.22. The number of piperidine rings is 1. The van der Waals surface area contributed by atoms with Crippen molar-refractivity contribution in [2.24, 2.45) is 5.92 Å². The average molecular weight is 493 g/mol. The van der Waals surface area contributed by atoms with Crippen LogP contribution < -0.4 is 5.32 Å². The van der Waals surface area contributed by atoms with E-state index in [9.17, 15) is 14.3 Å². The Kier molecular flexibility index (Phi) is 9.47. The standard InChI is InChI=1S/C30H35FN2O3.H2/c31-27-13-11-24(12-14-27)19-25-15-17-33(18-16-25)21-29(34)28(20-23-7-3-1-4-8-23)32-30(35)36-22-26-9-5-2-6-10-26;/h1-14,25,28-29,34H,15-22H2,(H,32,35);1H. The number of aliphatic hydroxyl groups is 1. The zero-order valence-electron chi connectivity index (χ0n) is 20.6. The van der Waals surface area contributed by atoms with Gasteiger partial charge in [-0.25, -0.2) is 9.18 Å². The summed E-state index contributed by atoms with van der Waals surface area (Å²) in [6.07, 6.45) is 2.26. The van der Waals surface area contributed by atoms with Crippen LogP contribution in [0.15, 0.2) is 84.9 Å². The highest BCUT2D eigenvalue weighted by atomic mass is 19.1. The summed E-state index contributed by atoms with van der Waals surface area (Å²) in [5, 5.41) is 14.0. The first-order valence-corrected chi connectivity index (χ1v) is 12.7. The third-order valence-electron chi connectivity index (χ3n) is 6.87. The van der Waals surface area contributed by atoms with E-state index in [2.05, 4.69) is 10.2 Å². The molecule has 1 aliphatic heterocycles. The lowest BCUT2D eigenvalue weighted by Crippen LogP contribution is -2.50. The highest BCUT2D eigenvalue weighted by molar-refractivity contribution is 5.67. The first-order valence-electron chi connectivity index (χ1n) is 12.7. The number of carbonyl (C=O) groups excluding carboxylic acids is 1. The molecule has 2 N–H and O–H groups in total. The van der Waals surface area contributed by atoms with Gasteiger partial charge in [0.05, 0.1) is 12.1 Å². The fraction of sp³-hybridized carbons (Fsp3) is 0.367. The molecule has 5 nitrogen and oxygen atoms in total. The zero-order chi connectivity index (χ0) is 25.2. The van der Waals surface area contributed by atoms with Gasteiger partial charge in [-0.05, 0) is 73.5 Å². The van der Waals surface area contributed by atoms with Crippen LogP contribution in [0, 0.1) is 11.7 Å². The molecule has 1 aliphatic rings. The number of alkyl carbamates (subject to hydrolysis) is 1. The maximum atomic E-state index is 13.2. The Hall–Kier alpha value is -3.22. The molecule has 0 saturated carbocycles. The van der Waals surface area contributed by atoms with Gasteiger partial charge in [0, 0.05) is 7.97 Å². The first kappa shape index (κ1) is 25.9. The van der Waals surface area contributed by atoms with E-state index >= 15 is 0 Å². The van der Waals surface area contributed by atoms with Gasteiger partial charge in [0.25, 0.3) is 0 Å². The van der Waals surface area contributed by atoms with Gasteiger partial charge < -0.3 is 20.1 Å². The van der Waals surface area contributed by atoms with Crippen molar-refractivity contribution in [3.05, 3.63) is 107 Å². The maximum absolute atomic E-state index is 13.2. The summed E-state index contributed by atoms with van der Waals surface area (Å²) in [6.45, 7) is 2.45. The Labute approximate surface area is 214 Å². The molecule has 1 heterocycles. The predicted molar refractivity (Wildman–Crippen MR) is 141 cm³/mol. The minimum Gasteiger partial charge on any atom is -0.445 e. The van der Waals surface area contributed by atoms with Crippen LogP contribution in [0.2, 0.25) is 0 Å². The predicted octanol–water partition coefficient (Wildman–Crippen LogP) is 5.22. The average Bonchev–Trinajstić information content (AvgIpc) is 2.91. The van der Waals surface area contributed by atoms with Crippen molar-refractivity contribution in [2.75, 3.05) is 19.6 Å². The molecule has 0 bridgehead atoms. The lowest BCUT2D eigenvalue weighted by atomic mass is 9.90. The van der Waals surface area contributed by atoms with Gasteiger partial charge in [-0.1, -0.05) is 72.8 Å². The number of likely N-dealkylation sites (tertiary alicyclic amines) is 1. The van der Waals surface area contributed by atoms with E-state index in [4.69, 9.17) is 4.74 Å². The summed E-state index contributed by atoms with van der Waals surface area (Å²) in [4.78, 5) is 14.8. The van der Waals surface area contributed by atoms with Gasteiger partial charge in [-0.3, -0.25) is 0 Å². The summed E-state index contributed by atoms with van der Waals surface area (Å²) in [5.41, 5.74) is 3.12. The monoisotopic (exact) mass is 492 g/mol. The minimum atomic E-state index is -0.733. The number of ether oxygens (including phenoxy) is 1. The number of β-amino-alcohol motifs (C(OH)–C–C–N with tert-alkyl or cyclic N) is 1. The third-order valence-corrected chi connectivity index (χ3v) is 6.87. The number of halogens is 1. The molecule has 0 spiro atoms. The van der Waals surface area contributed by atoms with Crippen molar-refractivity contribution in [3.8, 4) is 0 Å². The van der Waals surface area contributed by atoms with E-state index in [0.717, 1.165) is 49.0 Å². The molecule has 0 aromatic heterocycles. The summed E-state index contributed by atoms with van der Waals surface area (Å²) >= 11 is 0. The Morgan fingerprint density at radius 3 is 2.19 bits per heavy atom. The maximum Gasteiger partial charge on any atom is 0.407 e. The second-order valence-electron chi connectivity index (χ2n) is 9.64. The fourth-order valence-electron chi connectivity index (χ4n) is 4.79. The Balaban J connectivity index is 0.00000380. The summed E-state index contributed by atoms with van der Waals surface area (Å²) in [6, 6.07) is 25.7. The van der Waals surface area contributed by atoms with Crippen molar-refractivity contribution in [3.63, 3.8) is 0 Å². The van der Waals surface area contributed by atoms with E-state index in [1.54, 1.807) is 0 Å². The number of nitrogens with zero attached hydrogens (tertiary/aromatic N) is 1. The number of hydrogen-bond donors (Lipinski definition) is 2. The quantitative estimate of drug-likeness (QED) is 0.407. The molecular weight excluding hydrogens is 455 g/mol. The van der Waals surface area contributed by atoms with Crippen molar-refractivity contribution < 1.29 is 20.5 Å². The van der Waals surface area contributed by atoms with Crippen molar-refractivity contribution in [1.82, 2.24) is 10.2 Å². The summed E-state index contributed by atoms with van der Waals surface area (Å²) in [5.74, 6) is 0.347. The fourth-order valence-corrected chi connectivity index (χ4v) is 4.79. The molecule has 192 valence electrons. The summed E-state index contributed by atoms with van der Waals surface area (Å²) in [7, 11) is 0. The second kappa shape index (κ2) is 13.2. The van der Waals surface area contributed by atoms with Gasteiger partial charge in [-0.2, -0.15) is 0 Å². The number of carbonyl (C=O) groups is 1. The van der Waals surface area contributed by atoms with Crippen LogP contribution in [0.1, 0.15) is 31.0 Å². The molecule has 2 atom stereocenters. The van der Waals surface area contributed by atoms with Crippen molar-refractivity contribution in [1.29, 1.82) is 0 Å². The summed E-state index contributed by atoms with van der Waals surface area (Å²) < 4.78 is 18.6. The molecule has 3 aromatic carbocycles. The third kappa shape index (κ3) is 8.18. The largest absolute Gasteiger partial charge is 0.445 e. The molecule has 36 heavy (non-hydrogen) atoms.